The number of amides is 1. The molecule has 136 valence electrons. The Morgan fingerprint density at radius 3 is 3.00 bits per heavy atom. The maximum Gasteiger partial charge on any atom is 0.255 e. The number of fused-ring (bicyclic) bond motifs is 1. The van der Waals surface area contributed by atoms with Gasteiger partial charge in [0, 0.05) is 18.9 Å². The number of aromatic nitrogens is 3. The molecular weight excluding hydrogens is 332 g/mol. The number of hydrogen-bond donors (Lipinski definition) is 0. The second-order valence-corrected chi connectivity index (χ2v) is 6.82. The SMILES string of the molecule is O=C(c1ccnnc1)N1CCO[C@@H]2C[C@@H](COCc3cccnc3)C[C@@H]21. The van der Waals surface area contributed by atoms with Gasteiger partial charge in [-0.2, -0.15) is 10.2 Å². The Kier molecular flexibility index (Phi) is 5.17. The normalized spacial score (nSPS) is 25.1. The van der Waals surface area contributed by atoms with E-state index in [0.717, 1.165) is 18.4 Å². The molecule has 2 aliphatic rings. The summed E-state index contributed by atoms with van der Waals surface area (Å²) in [6, 6.07) is 5.74. The van der Waals surface area contributed by atoms with E-state index in [0.29, 0.717) is 37.8 Å². The molecule has 4 rings (SSSR count). The van der Waals surface area contributed by atoms with Gasteiger partial charge in [0.25, 0.3) is 5.91 Å². The van der Waals surface area contributed by atoms with E-state index in [2.05, 4.69) is 15.2 Å². The minimum atomic E-state index is 0.00938. The van der Waals surface area contributed by atoms with E-state index in [-0.39, 0.29) is 18.1 Å². The monoisotopic (exact) mass is 354 g/mol. The van der Waals surface area contributed by atoms with E-state index in [1.807, 2.05) is 23.2 Å². The van der Waals surface area contributed by atoms with E-state index in [4.69, 9.17) is 9.47 Å². The van der Waals surface area contributed by atoms with Gasteiger partial charge >= 0.3 is 0 Å². The fourth-order valence-corrected chi connectivity index (χ4v) is 3.85. The first-order chi connectivity index (χ1) is 12.8. The minimum Gasteiger partial charge on any atom is -0.376 e. The van der Waals surface area contributed by atoms with Gasteiger partial charge in [-0.3, -0.25) is 9.78 Å². The molecule has 7 nitrogen and oxygen atoms in total. The average Bonchev–Trinajstić information content (AvgIpc) is 3.12. The number of rotatable bonds is 5. The molecule has 0 bridgehead atoms. The molecule has 26 heavy (non-hydrogen) atoms. The summed E-state index contributed by atoms with van der Waals surface area (Å²) < 4.78 is 11.8. The Hall–Kier alpha value is -2.38. The Morgan fingerprint density at radius 2 is 2.19 bits per heavy atom. The van der Waals surface area contributed by atoms with Crippen molar-refractivity contribution in [3.63, 3.8) is 0 Å². The molecule has 2 aromatic heterocycles. The molecule has 0 unspecified atom stereocenters. The number of pyridine rings is 1. The second-order valence-electron chi connectivity index (χ2n) is 6.82. The molecule has 7 heteroatoms. The zero-order valence-corrected chi connectivity index (χ0v) is 14.5. The molecule has 1 aliphatic heterocycles. The Balaban J connectivity index is 1.35. The topological polar surface area (TPSA) is 77.4 Å². The van der Waals surface area contributed by atoms with Gasteiger partial charge in [-0.15, -0.1) is 0 Å². The first kappa shape index (κ1) is 17.1. The number of nitrogens with zero attached hydrogens (tertiary/aromatic N) is 4. The molecule has 2 fully saturated rings. The van der Waals surface area contributed by atoms with Crippen molar-refractivity contribution < 1.29 is 14.3 Å². The fourth-order valence-electron chi connectivity index (χ4n) is 3.85. The van der Waals surface area contributed by atoms with Crippen LogP contribution >= 0.6 is 0 Å². The van der Waals surface area contributed by atoms with Crippen LogP contribution in [0.5, 0.6) is 0 Å². The molecule has 1 amide bonds. The summed E-state index contributed by atoms with van der Waals surface area (Å²) in [6.07, 6.45) is 8.57. The summed E-state index contributed by atoms with van der Waals surface area (Å²) in [6.45, 7) is 2.43. The van der Waals surface area contributed by atoms with Crippen LogP contribution in [0, 0.1) is 5.92 Å². The Morgan fingerprint density at radius 1 is 1.23 bits per heavy atom. The third-order valence-corrected chi connectivity index (χ3v) is 5.07. The Labute approximate surface area is 152 Å². The van der Waals surface area contributed by atoms with Crippen LogP contribution in [0.15, 0.2) is 43.0 Å². The molecule has 3 atom stereocenters. The molecule has 0 aromatic carbocycles. The van der Waals surface area contributed by atoms with Gasteiger partial charge in [0.2, 0.25) is 0 Å². The largest absolute Gasteiger partial charge is 0.376 e. The number of morpholine rings is 1. The van der Waals surface area contributed by atoms with Crippen LogP contribution in [-0.4, -0.2) is 57.9 Å². The van der Waals surface area contributed by atoms with Crippen LogP contribution in [0.25, 0.3) is 0 Å². The van der Waals surface area contributed by atoms with Crippen LogP contribution in [-0.2, 0) is 16.1 Å². The Bertz CT molecular complexity index is 728. The number of carbonyl (C=O) groups excluding carboxylic acids is 1. The first-order valence-electron chi connectivity index (χ1n) is 8.97. The first-order valence-corrected chi connectivity index (χ1v) is 8.97. The van der Waals surface area contributed by atoms with Crippen molar-refractivity contribution >= 4 is 5.91 Å². The maximum absolute atomic E-state index is 12.8. The van der Waals surface area contributed by atoms with Gasteiger partial charge in [-0.1, -0.05) is 6.07 Å². The van der Waals surface area contributed by atoms with Crippen LogP contribution < -0.4 is 0 Å². The van der Waals surface area contributed by atoms with Gasteiger partial charge in [-0.05, 0) is 36.5 Å². The second kappa shape index (κ2) is 7.88. The molecule has 3 heterocycles. The smallest absolute Gasteiger partial charge is 0.255 e. The summed E-state index contributed by atoms with van der Waals surface area (Å²) in [5, 5.41) is 7.56. The number of hydrogen-bond acceptors (Lipinski definition) is 6. The standard InChI is InChI=1S/C19H22N4O3/c24-19(16-3-5-21-22-11-16)23-6-7-26-18-9-15(8-17(18)23)13-25-12-14-2-1-4-20-10-14/h1-5,10-11,15,17-18H,6-9,12-13H2/t15-,17-,18+/m0/s1. The number of carbonyl (C=O) groups is 1. The molecular formula is C19H22N4O3. The molecule has 1 saturated carbocycles. The lowest BCUT2D eigenvalue weighted by Crippen LogP contribution is -2.51. The van der Waals surface area contributed by atoms with Crippen LogP contribution in [0.3, 0.4) is 0 Å². The molecule has 2 aromatic rings. The summed E-state index contributed by atoms with van der Waals surface area (Å²) in [4.78, 5) is 18.8. The van der Waals surface area contributed by atoms with Gasteiger partial charge in [-0.25, -0.2) is 0 Å². The average molecular weight is 354 g/mol. The van der Waals surface area contributed by atoms with Crippen molar-refractivity contribution in [2.45, 2.75) is 31.6 Å². The fraction of sp³-hybridized carbons (Fsp3) is 0.474. The van der Waals surface area contributed by atoms with Crippen molar-refractivity contribution in [2.24, 2.45) is 5.92 Å². The predicted octanol–water partition coefficient (Wildman–Crippen LogP) is 1.71. The van der Waals surface area contributed by atoms with Gasteiger partial charge in [0.05, 0.1) is 49.9 Å². The van der Waals surface area contributed by atoms with Crippen molar-refractivity contribution in [2.75, 3.05) is 19.8 Å². The minimum absolute atomic E-state index is 0.00938. The van der Waals surface area contributed by atoms with E-state index in [9.17, 15) is 4.79 Å². The van der Waals surface area contributed by atoms with Crippen LogP contribution in [0.4, 0.5) is 0 Å². The van der Waals surface area contributed by atoms with E-state index < -0.39 is 0 Å². The van der Waals surface area contributed by atoms with E-state index in [1.165, 1.54) is 6.20 Å². The lowest BCUT2D eigenvalue weighted by molar-refractivity contribution is -0.0450. The third kappa shape index (κ3) is 3.73. The zero-order chi connectivity index (χ0) is 17.8. The lowest BCUT2D eigenvalue weighted by atomic mass is 10.1. The third-order valence-electron chi connectivity index (χ3n) is 5.07. The van der Waals surface area contributed by atoms with E-state index in [1.54, 1.807) is 18.5 Å². The maximum atomic E-state index is 12.8. The van der Waals surface area contributed by atoms with Crippen molar-refractivity contribution in [1.82, 2.24) is 20.1 Å². The van der Waals surface area contributed by atoms with Crippen LogP contribution in [0.2, 0.25) is 0 Å². The molecule has 1 aliphatic carbocycles. The van der Waals surface area contributed by atoms with Gasteiger partial charge in [0.1, 0.15) is 0 Å². The predicted molar refractivity (Wildman–Crippen MR) is 93.2 cm³/mol. The summed E-state index contributed by atoms with van der Waals surface area (Å²) >= 11 is 0. The van der Waals surface area contributed by atoms with Gasteiger partial charge < -0.3 is 14.4 Å². The van der Waals surface area contributed by atoms with Crippen LogP contribution in [0.1, 0.15) is 28.8 Å². The molecule has 0 N–H and O–H groups in total. The highest BCUT2D eigenvalue weighted by Crippen LogP contribution is 2.35. The van der Waals surface area contributed by atoms with Crippen molar-refractivity contribution in [3.8, 4) is 0 Å². The molecule has 0 spiro atoms. The molecule has 1 saturated heterocycles. The highest BCUT2D eigenvalue weighted by Gasteiger charge is 2.43. The van der Waals surface area contributed by atoms with Crippen molar-refractivity contribution in [1.29, 1.82) is 0 Å². The summed E-state index contributed by atoms with van der Waals surface area (Å²) in [5.74, 6) is 0.403. The highest BCUT2D eigenvalue weighted by molar-refractivity contribution is 5.94. The highest BCUT2D eigenvalue weighted by atomic mass is 16.5. The van der Waals surface area contributed by atoms with Gasteiger partial charge in [0.15, 0.2) is 0 Å². The van der Waals surface area contributed by atoms with E-state index >= 15 is 0 Å². The summed E-state index contributed by atoms with van der Waals surface area (Å²) in [5.41, 5.74) is 1.65. The zero-order valence-electron chi connectivity index (χ0n) is 14.5. The van der Waals surface area contributed by atoms with Crippen molar-refractivity contribution in [3.05, 3.63) is 54.1 Å². The molecule has 0 radical (unpaired) electrons. The quantitative estimate of drug-likeness (QED) is 0.813. The lowest BCUT2D eigenvalue weighted by Gasteiger charge is -2.37. The number of ether oxygens (including phenoxy) is 2. The summed E-state index contributed by atoms with van der Waals surface area (Å²) in [7, 11) is 0.